The topological polar surface area (TPSA) is 127 Å². The number of hydrogen-bond donors (Lipinski definition) is 2. The third kappa shape index (κ3) is 4.68. The average Bonchev–Trinajstić information content (AvgIpc) is 2.78. The van der Waals surface area contributed by atoms with E-state index in [0.717, 1.165) is 5.69 Å². The molecule has 0 amide bonds. The highest BCUT2D eigenvalue weighted by Gasteiger charge is 2.18. The molecule has 3 N–H and O–H groups in total. The second-order valence-corrected chi connectivity index (χ2v) is 8.02. The van der Waals surface area contributed by atoms with Gasteiger partial charge in [-0.1, -0.05) is 30.3 Å². The fourth-order valence-corrected chi connectivity index (χ4v) is 3.72. The molecule has 4 aromatic rings. The van der Waals surface area contributed by atoms with Crippen LogP contribution in [-0.2, 0) is 16.7 Å². The summed E-state index contributed by atoms with van der Waals surface area (Å²) in [5.74, 6) is 0.642. The van der Waals surface area contributed by atoms with Crippen molar-refractivity contribution in [2.75, 3.05) is 5.73 Å². The fraction of sp³-hybridized carbons (Fsp3) is 0.0455. The van der Waals surface area contributed by atoms with Gasteiger partial charge in [0.1, 0.15) is 22.9 Å². The van der Waals surface area contributed by atoms with Crippen LogP contribution in [0.4, 0.5) is 17.1 Å². The van der Waals surface area contributed by atoms with E-state index in [-0.39, 0.29) is 16.3 Å². The predicted octanol–water partition coefficient (Wildman–Crippen LogP) is 5.06. The highest BCUT2D eigenvalue weighted by atomic mass is 32.2. The van der Waals surface area contributed by atoms with Gasteiger partial charge in [-0.05, 0) is 42.5 Å². The lowest BCUT2D eigenvalue weighted by Gasteiger charge is -2.09. The Labute approximate surface area is 178 Å². The number of nitrogens with two attached hydrogens (primary N) is 1. The summed E-state index contributed by atoms with van der Waals surface area (Å²) in [5, 5.41) is 9.00. The molecule has 0 spiro atoms. The summed E-state index contributed by atoms with van der Waals surface area (Å²) in [5.41, 5.74) is 7.90. The molecule has 156 valence electrons. The highest BCUT2D eigenvalue weighted by Crippen LogP contribution is 2.36. The van der Waals surface area contributed by atoms with Gasteiger partial charge in [-0.3, -0.25) is 9.54 Å². The van der Waals surface area contributed by atoms with E-state index >= 15 is 0 Å². The number of azo groups is 1. The van der Waals surface area contributed by atoms with Crippen LogP contribution in [0.5, 0.6) is 5.75 Å². The van der Waals surface area contributed by atoms with E-state index in [2.05, 4.69) is 15.2 Å². The molecule has 0 atom stereocenters. The van der Waals surface area contributed by atoms with Crippen molar-refractivity contribution in [3.8, 4) is 5.75 Å². The van der Waals surface area contributed by atoms with Crippen molar-refractivity contribution < 1.29 is 17.7 Å². The number of nitrogens with zero attached hydrogens (tertiary/aromatic N) is 3. The van der Waals surface area contributed by atoms with Crippen LogP contribution in [0, 0.1) is 0 Å². The van der Waals surface area contributed by atoms with Crippen LogP contribution >= 0.6 is 0 Å². The van der Waals surface area contributed by atoms with Crippen molar-refractivity contribution >= 4 is 38.0 Å². The zero-order valence-electron chi connectivity index (χ0n) is 16.2. The standard InChI is InChI=1S/C22H18N4O4S/c23-22-19-7-2-1-6-18(19)21(31(27,28)29)13-20(22)26-25-15-8-10-17(11-9-15)30-14-16-5-3-4-12-24-16/h1-13H,14,23H2,(H,27,28,29)/b26-25+. The Kier molecular flexibility index (Phi) is 5.61. The Bertz CT molecular complexity index is 1360. The van der Waals surface area contributed by atoms with Crippen LogP contribution < -0.4 is 10.5 Å². The highest BCUT2D eigenvalue weighted by molar-refractivity contribution is 7.86. The molecule has 0 saturated carbocycles. The van der Waals surface area contributed by atoms with Gasteiger partial charge < -0.3 is 10.5 Å². The Morgan fingerprint density at radius 1 is 0.935 bits per heavy atom. The van der Waals surface area contributed by atoms with Gasteiger partial charge in [0.2, 0.25) is 0 Å². The van der Waals surface area contributed by atoms with E-state index in [1.165, 1.54) is 6.07 Å². The molecule has 1 heterocycles. The molecule has 0 fully saturated rings. The van der Waals surface area contributed by atoms with E-state index in [9.17, 15) is 13.0 Å². The number of pyridine rings is 1. The van der Waals surface area contributed by atoms with Crippen LogP contribution in [0.25, 0.3) is 10.8 Å². The first-order chi connectivity index (χ1) is 14.9. The van der Waals surface area contributed by atoms with Gasteiger partial charge in [0.25, 0.3) is 10.1 Å². The van der Waals surface area contributed by atoms with Crippen LogP contribution in [0.2, 0.25) is 0 Å². The van der Waals surface area contributed by atoms with Crippen molar-refractivity contribution in [2.24, 2.45) is 10.2 Å². The summed E-state index contributed by atoms with van der Waals surface area (Å²) in [6.45, 7) is 0.341. The van der Waals surface area contributed by atoms with Gasteiger partial charge in [-0.25, -0.2) is 0 Å². The van der Waals surface area contributed by atoms with E-state index in [4.69, 9.17) is 10.5 Å². The molecule has 0 saturated heterocycles. The molecular formula is C22H18N4O4S. The molecule has 0 aliphatic rings. The van der Waals surface area contributed by atoms with Gasteiger partial charge in [-0.15, -0.1) is 5.11 Å². The largest absolute Gasteiger partial charge is 0.487 e. The maximum absolute atomic E-state index is 11.8. The van der Waals surface area contributed by atoms with Gasteiger partial charge in [0.15, 0.2) is 0 Å². The van der Waals surface area contributed by atoms with Crippen LogP contribution in [-0.4, -0.2) is 18.0 Å². The number of ether oxygens (including phenoxy) is 1. The predicted molar refractivity (Wildman–Crippen MR) is 117 cm³/mol. The van der Waals surface area contributed by atoms with E-state index in [1.807, 2.05) is 18.2 Å². The second-order valence-electron chi connectivity index (χ2n) is 6.63. The number of aromatic nitrogens is 1. The Balaban J connectivity index is 1.58. The zero-order valence-corrected chi connectivity index (χ0v) is 17.0. The molecule has 1 aromatic heterocycles. The third-order valence-electron chi connectivity index (χ3n) is 4.53. The Morgan fingerprint density at radius 3 is 2.32 bits per heavy atom. The van der Waals surface area contributed by atoms with E-state index in [1.54, 1.807) is 54.7 Å². The third-order valence-corrected chi connectivity index (χ3v) is 5.42. The molecule has 0 unspecified atom stereocenters. The number of nitrogen functional groups attached to an aromatic ring is 1. The summed E-state index contributed by atoms with van der Waals surface area (Å²) in [6, 6.07) is 20.3. The smallest absolute Gasteiger partial charge is 0.295 e. The molecule has 8 nitrogen and oxygen atoms in total. The summed E-state index contributed by atoms with van der Waals surface area (Å²) in [4.78, 5) is 3.92. The van der Waals surface area contributed by atoms with Crippen LogP contribution in [0.1, 0.15) is 5.69 Å². The van der Waals surface area contributed by atoms with Crippen LogP contribution in [0.15, 0.2) is 94.1 Å². The van der Waals surface area contributed by atoms with Gasteiger partial charge >= 0.3 is 0 Å². The number of anilines is 1. The number of rotatable bonds is 6. The first kappa shape index (κ1) is 20.5. The van der Waals surface area contributed by atoms with Crippen LogP contribution in [0.3, 0.4) is 0 Å². The second kappa shape index (κ2) is 8.50. The molecule has 9 heteroatoms. The van der Waals surface area contributed by atoms with Crippen molar-refractivity contribution in [3.05, 3.63) is 84.7 Å². The van der Waals surface area contributed by atoms with Gasteiger partial charge in [-0.2, -0.15) is 13.5 Å². The first-order valence-corrected chi connectivity index (χ1v) is 10.7. The maximum Gasteiger partial charge on any atom is 0.295 e. The SMILES string of the molecule is Nc1c(/N=N/c2ccc(OCc3ccccn3)cc2)cc(S(=O)(=O)O)c2ccccc12. The van der Waals surface area contributed by atoms with Crippen molar-refractivity contribution in [1.82, 2.24) is 4.98 Å². The van der Waals surface area contributed by atoms with Gasteiger partial charge in [0, 0.05) is 17.0 Å². The normalized spacial score (nSPS) is 11.8. The maximum atomic E-state index is 11.8. The summed E-state index contributed by atoms with van der Waals surface area (Å²) in [7, 11) is -4.47. The molecular weight excluding hydrogens is 416 g/mol. The quantitative estimate of drug-likeness (QED) is 0.248. The lowest BCUT2D eigenvalue weighted by molar-refractivity contribution is 0.301. The Morgan fingerprint density at radius 2 is 1.65 bits per heavy atom. The van der Waals surface area contributed by atoms with Gasteiger partial charge in [0.05, 0.1) is 17.1 Å². The molecule has 4 rings (SSSR count). The first-order valence-electron chi connectivity index (χ1n) is 9.25. The zero-order chi connectivity index (χ0) is 21.8. The molecule has 3 aromatic carbocycles. The molecule has 0 radical (unpaired) electrons. The molecule has 0 aliphatic heterocycles. The molecule has 0 bridgehead atoms. The summed E-state index contributed by atoms with van der Waals surface area (Å²) in [6.07, 6.45) is 1.70. The average molecular weight is 434 g/mol. The summed E-state index contributed by atoms with van der Waals surface area (Å²) < 4.78 is 38.9. The van der Waals surface area contributed by atoms with Crippen molar-refractivity contribution in [1.29, 1.82) is 0 Å². The number of hydrogen-bond acceptors (Lipinski definition) is 7. The monoisotopic (exact) mass is 434 g/mol. The van der Waals surface area contributed by atoms with E-state index in [0.29, 0.717) is 28.8 Å². The fourth-order valence-electron chi connectivity index (χ4n) is 3.01. The van der Waals surface area contributed by atoms with Crippen molar-refractivity contribution in [3.63, 3.8) is 0 Å². The summed E-state index contributed by atoms with van der Waals surface area (Å²) >= 11 is 0. The minimum absolute atomic E-state index is 0.141. The minimum Gasteiger partial charge on any atom is -0.487 e. The van der Waals surface area contributed by atoms with E-state index < -0.39 is 10.1 Å². The van der Waals surface area contributed by atoms with Crippen molar-refractivity contribution in [2.45, 2.75) is 11.5 Å². The lowest BCUT2D eigenvalue weighted by atomic mass is 10.1. The number of benzene rings is 3. The Hall–Kier alpha value is -3.82. The lowest BCUT2D eigenvalue weighted by Crippen LogP contribution is -2.01. The minimum atomic E-state index is -4.47. The molecule has 31 heavy (non-hydrogen) atoms. The molecule has 0 aliphatic carbocycles. The number of fused-ring (bicyclic) bond motifs is 1.